The molecule has 2 saturated carbocycles. The highest BCUT2D eigenvalue weighted by Gasteiger charge is 2.47. The van der Waals surface area contributed by atoms with Crippen molar-refractivity contribution in [2.75, 3.05) is 13.1 Å². The summed E-state index contributed by atoms with van der Waals surface area (Å²) in [6.45, 7) is 1.65. The smallest absolute Gasteiger partial charge is 0.254 e. The van der Waals surface area contributed by atoms with Crippen LogP contribution < -0.4 is 5.56 Å². The van der Waals surface area contributed by atoms with Crippen molar-refractivity contribution in [2.24, 2.45) is 5.92 Å². The molecule has 1 unspecified atom stereocenters. The number of hydrogen-bond acceptors (Lipinski definition) is 3. The van der Waals surface area contributed by atoms with Crippen molar-refractivity contribution >= 4 is 5.91 Å². The van der Waals surface area contributed by atoms with Crippen LogP contribution in [-0.2, 0) is 16.6 Å². The first-order chi connectivity index (χ1) is 11.7. The quantitative estimate of drug-likeness (QED) is 0.906. The first kappa shape index (κ1) is 14.7. The Labute approximate surface area is 141 Å². The van der Waals surface area contributed by atoms with Gasteiger partial charge < -0.3 is 9.88 Å². The fourth-order valence-electron chi connectivity index (χ4n) is 4.85. The van der Waals surface area contributed by atoms with Gasteiger partial charge in [-0.1, -0.05) is 6.42 Å². The van der Waals surface area contributed by atoms with Gasteiger partial charge in [-0.15, -0.1) is 0 Å². The van der Waals surface area contributed by atoms with E-state index in [-0.39, 0.29) is 16.9 Å². The molecule has 0 bridgehead atoms. The summed E-state index contributed by atoms with van der Waals surface area (Å²) in [5.74, 6) is 1.95. The highest BCUT2D eigenvalue weighted by Crippen LogP contribution is 2.45. The summed E-state index contributed by atoms with van der Waals surface area (Å²) in [6, 6.07) is 0. The van der Waals surface area contributed by atoms with Crippen molar-refractivity contribution in [3.8, 4) is 0 Å². The highest BCUT2D eigenvalue weighted by molar-refractivity contribution is 5.80. The predicted octanol–water partition coefficient (Wildman–Crippen LogP) is 2.25. The number of nitrogens with zero attached hydrogens (tertiary/aromatic N) is 2. The number of fused-ring (bicyclic) bond motifs is 2. The number of carbonyl (C=O) groups is 1. The second-order valence-corrected chi connectivity index (χ2v) is 8.32. The Morgan fingerprint density at radius 3 is 2.71 bits per heavy atom. The van der Waals surface area contributed by atoms with E-state index < -0.39 is 0 Å². The van der Waals surface area contributed by atoms with E-state index in [4.69, 9.17) is 4.98 Å². The van der Waals surface area contributed by atoms with Crippen molar-refractivity contribution in [3.63, 3.8) is 0 Å². The zero-order chi connectivity index (χ0) is 16.3. The van der Waals surface area contributed by atoms with Crippen molar-refractivity contribution in [3.05, 3.63) is 27.4 Å². The normalized spacial score (nSPS) is 29.6. The molecule has 1 spiro atoms. The monoisotopic (exact) mass is 327 g/mol. The van der Waals surface area contributed by atoms with E-state index in [1.807, 2.05) is 0 Å². The third-order valence-electron chi connectivity index (χ3n) is 6.70. The Bertz CT molecular complexity index is 747. The number of rotatable bonds is 2. The molecule has 1 atom stereocenters. The average Bonchev–Trinajstić information content (AvgIpc) is 3.32. The van der Waals surface area contributed by atoms with Gasteiger partial charge in [0.25, 0.3) is 5.56 Å². The molecule has 1 aromatic heterocycles. The van der Waals surface area contributed by atoms with E-state index >= 15 is 0 Å². The van der Waals surface area contributed by atoms with Crippen LogP contribution in [0.15, 0.2) is 4.79 Å². The summed E-state index contributed by atoms with van der Waals surface area (Å²) in [5.41, 5.74) is 1.92. The number of piperidine rings is 1. The molecule has 3 aliphatic carbocycles. The fourth-order valence-corrected chi connectivity index (χ4v) is 4.85. The van der Waals surface area contributed by atoms with Crippen LogP contribution in [0.2, 0.25) is 0 Å². The molecule has 0 aromatic carbocycles. The van der Waals surface area contributed by atoms with Crippen LogP contribution in [-0.4, -0.2) is 33.9 Å². The van der Waals surface area contributed by atoms with Crippen molar-refractivity contribution in [1.82, 2.24) is 14.9 Å². The van der Waals surface area contributed by atoms with Crippen molar-refractivity contribution in [2.45, 2.75) is 69.1 Å². The van der Waals surface area contributed by atoms with Gasteiger partial charge in [0.05, 0.1) is 5.69 Å². The Morgan fingerprint density at radius 1 is 1.17 bits per heavy atom. The zero-order valence-electron chi connectivity index (χ0n) is 14.1. The number of aromatic nitrogens is 2. The molecule has 1 aliphatic heterocycles. The lowest BCUT2D eigenvalue weighted by molar-refractivity contribution is -0.140. The van der Waals surface area contributed by atoms with E-state index in [1.54, 1.807) is 0 Å². The number of carbonyl (C=O) groups excluding carboxylic acids is 1. The molecule has 3 fully saturated rings. The van der Waals surface area contributed by atoms with Gasteiger partial charge in [-0.25, -0.2) is 4.98 Å². The third kappa shape index (κ3) is 2.16. The number of H-pyrrole nitrogens is 1. The molecule has 24 heavy (non-hydrogen) atoms. The maximum atomic E-state index is 12.7. The van der Waals surface area contributed by atoms with Crippen LogP contribution in [0.1, 0.15) is 74.4 Å². The number of aromatic amines is 1. The van der Waals surface area contributed by atoms with Gasteiger partial charge in [-0.2, -0.15) is 0 Å². The van der Waals surface area contributed by atoms with Crippen LogP contribution in [0.3, 0.4) is 0 Å². The molecular formula is C19H25N3O2. The molecule has 1 aromatic rings. The van der Waals surface area contributed by atoms with Crippen molar-refractivity contribution in [1.29, 1.82) is 0 Å². The second kappa shape index (κ2) is 5.17. The van der Waals surface area contributed by atoms with Crippen LogP contribution in [0.4, 0.5) is 0 Å². The molecule has 1 saturated heterocycles. The van der Waals surface area contributed by atoms with Gasteiger partial charge in [0.1, 0.15) is 5.82 Å². The van der Waals surface area contributed by atoms with Gasteiger partial charge in [-0.05, 0) is 51.4 Å². The number of hydrogen-bond donors (Lipinski definition) is 1. The molecule has 5 rings (SSSR count). The van der Waals surface area contributed by atoms with Crippen molar-refractivity contribution < 1.29 is 4.79 Å². The van der Waals surface area contributed by atoms with Gasteiger partial charge in [-0.3, -0.25) is 9.59 Å². The molecule has 128 valence electrons. The number of nitrogens with one attached hydrogen (secondary N) is 1. The largest absolute Gasteiger partial charge is 0.342 e. The lowest BCUT2D eigenvalue weighted by atomic mass is 9.76. The fraction of sp³-hybridized carbons (Fsp3) is 0.737. The SMILES string of the molecule is O=C(C1CCC1)N1CCCC2(CCc3c2nc(C2CC2)[nH]c3=O)C1. The number of likely N-dealkylation sites (tertiary alicyclic amines) is 1. The lowest BCUT2D eigenvalue weighted by Gasteiger charge is -2.42. The molecule has 5 nitrogen and oxygen atoms in total. The Kier molecular flexibility index (Phi) is 3.16. The second-order valence-electron chi connectivity index (χ2n) is 8.32. The Balaban J connectivity index is 1.48. The minimum absolute atomic E-state index is 0.0646. The minimum Gasteiger partial charge on any atom is -0.342 e. The topological polar surface area (TPSA) is 66.1 Å². The van der Waals surface area contributed by atoms with E-state index in [1.165, 1.54) is 6.42 Å². The molecule has 1 N–H and O–H groups in total. The summed E-state index contributed by atoms with van der Waals surface area (Å²) < 4.78 is 0. The third-order valence-corrected chi connectivity index (χ3v) is 6.70. The first-order valence-corrected chi connectivity index (χ1v) is 9.59. The predicted molar refractivity (Wildman–Crippen MR) is 90.0 cm³/mol. The summed E-state index contributed by atoms with van der Waals surface area (Å²) in [5, 5.41) is 0. The summed E-state index contributed by atoms with van der Waals surface area (Å²) in [6.07, 6.45) is 9.47. The number of amides is 1. The minimum atomic E-state index is -0.0646. The maximum Gasteiger partial charge on any atom is 0.254 e. The Hall–Kier alpha value is -1.65. The molecule has 1 amide bonds. The summed E-state index contributed by atoms with van der Waals surface area (Å²) in [7, 11) is 0. The van der Waals surface area contributed by atoms with Crippen LogP contribution in [0.5, 0.6) is 0 Å². The Morgan fingerprint density at radius 2 is 2.00 bits per heavy atom. The molecule has 2 heterocycles. The van der Waals surface area contributed by atoms with Gasteiger partial charge in [0.15, 0.2) is 0 Å². The van der Waals surface area contributed by atoms with Gasteiger partial charge >= 0.3 is 0 Å². The lowest BCUT2D eigenvalue weighted by Crippen LogP contribution is -2.50. The molecule has 0 radical (unpaired) electrons. The highest BCUT2D eigenvalue weighted by atomic mass is 16.2. The van der Waals surface area contributed by atoms with Crippen LogP contribution >= 0.6 is 0 Å². The molecule has 4 aliphatic rings. The maximum absolute atomic E-state index is 12.7. The standard InChI is InChI=1S/C19H25N3O2/c23-17-14-7-9-19(15(14)20-16(21-17)12-5-6-12)8-2-10-22(11-19)18(24)13-3-1-4-13/h12-13H,1-11H2,(H,20,21,23). The van der Waals surface area contributed by atoms with Crippen LogP contribution in [0, 0.1) is 5.92 Å². The van der Waals surface area contributed by atoms with Gasteiger partial charge in [0, 0.05) is 35.9 Å². The zero-order valence-corrected chi connectivity index (χ0v) is 14.1. The molecular weight excluding hydrogens is 302 g/mol. The van der Waals surface area contributed by atoms with Gasteiger partial charge in [0.2, 0.25) is 5.91 Å². The van der Waals surface area contributed by atoms with Crippen LogP contribution in [0.25, 0.3) is 0 Å². The van der Waals surface area contributed by atoms with E-state index in [0.29, 0.717) is 11.8 Å². The van der Waals surface area contributed by atoms with E-state index in [2.05, 4.69) is 9.88 Å². The summed E-state index contributed by atoms with van der Waals surface area (Å²) in [4.78, 5) is 35.2. The first-order valence-electron chi connectivity index (χ1n) is 9.59. The summed E-state index contributed by atoms with van der Waals surface area (Å²) >= 11 is 0. The van der Waals surface area contributed by atoms with E-state index in [9.17, 15) is 9.59 Å². The molecule has 5 heteroatoms. The average molecular weight is 327 g/mol. The van der Waals surface area contributed by atoms with E-state index in [0.717, 1.165) is 81.5 Å².